The number of furan rings is 1. The van der Waals surface area contributed by atoms with Gasteiger partial charge in [-0.05, 0) is 50.5 Å². The summed E-state index contributed by atoms with van der Waals surface area (Å²) in [4.78, 5) is 27.2. The zero-order chi connectivity index (χ0) is 20.4. The van der Waals surface area contributed by atoms with Crippen LogP contribution in [0.25, 0.3) is 11.5 Å². The van der Waals surface area contributed by atoms with Gasteiger partial charge < -0.3 is 9.32 Å². The molecule has 0 aliphatic carbocycles. The lowest BCUT2D eigenvalue weighted by molar-refractivity contribution is -0.133. The molecule has 6 heteroatoms. The molecular weight excluding hydrogens is 366 g/mol. The number of carbonyl (C=O) groups is 1. The summed E-state index contributed by atoms with van der Waals surface area (Å²) >= 11 is 0. The monoisotopic (exact) mass is 391 g/mol. The van der Waals surface area contributed by atoms with Gasteiger partial charge in [0.2, 0.25) is 5.91 Å². The molecule has 0 bridgehead atoms. The summed E-state index contributed by atoms with van der Waals surface area (Å²) in [6, 6.07) is 14.9. The van der Waals surface area contributed by atoms with Crippen molar-refractivity contribution >= 4 is 5.91 Å². The largest absolute Gasteiger partial charge is 0.463 e. The standard InChI is InChI=1S/C23H25N3O3/c1-16-5-7-18(8-6-16)17(2)23(28)25-13-11-19(12-14-25)26-22(27)10-9-20(24-26)21-4-3-15-29-21/h3-10,15,17,19H,11-14H2,1-2H3/t17-/m1/s1. The molecule has 0 radical (unpaired) electrons. The van der Waals surface area contributed by atoms with Gasteiger partial charge in [-0.1, -0.05) is 29.8 Å². The lowest BCUT2D eigenvalue weighted by atomic mass is 9.96. The van der Waals surface area contributed by atoms with Crippen LogP contribution in [0.4, 0.5) is 0 Å². The number of rotatable bonds is 4. The average molecular weight is 391 g/mol. The number of carbonyl (C=O) groups excluding carboxylic acids is 1. The molecule has 6 nitrogen and oxygen atoms in total. The number of hydrogen-bond acceptors (Lipinski definition) is 4. The zero-order valence-corrected chi connectivity index (χ0v) is 16.7. The van der Waals surface area contributed by atoms with Gasteiger partial charge >= 0.3 is 0 Å². The highest BCUT2D eigenvalue weighted by Crippen LogP contribution is 2.26. The summed E-state index contributed by atoms with van der Waals surface area (Å²) in [5, 5.41) is 4.51. The molecule has 3 aromatic rings. The Morgan fingerprint density at radius 2 is 1.83 bits per heavy atom. The molecule has 3 heterocycles. The molecule has 1 aromatic carbocycles. The van der Waals surface area contributed by atoms with Crippen LogP contribution in [-0.4, -0.2) is 33.7 Å². The number of aromatic nitrogens is 2. The fourth-order valence-corrected chi connectivity index (χ4v) is 3.84. The quantitative estimate of drug-likeness (QED) is 0.679. The molecular formula is C23H25N3O3. The van der Waals surface area contributed by atoms with Crippen LogP contribution in [-0.2, 0) is 4.79 Å². The van der Waals surface area contributed by atoms with E-state index in [1.54, 1.807) is 23.1 Å². The Hall–Kier alpha value is -3.15. The van der Waals surface area contributed by atoms with E-state index in [1.807, 2.05) is 49.1 Å². The van der Waals surface area contributed by atoms with E-state index in [4.69, 9.17) is 4.42 Å². The molecule has 1 amide bonds. The molecule has 0 spiro atoms. The molecule has 29 heavy (non-hydrogen) atoms. The lowest BCUT2D eigenvalue weighted by Crippen LogP contribution is -2.42. The maximum absolute atomic E-state index is 12.9. The van der Waals surface area contributed by atoms with Crippen LogP contribution in [0, 0.1) is 6.92 Å². The topological polar surface area (TPSA) is 68.3 Å². The van der Waals surface area contributed by atoms with Crippen molar-refractivity contribution in [2.75, 3.05) is 13.1 Å². The molecule has 1 atom stereocenters. The van der Waals surface area contributed by atoms with E-state index in [1.165, 1.54) is 11.6 Å². The van der Waals surface area contributed by atoms with Crippen molar-refractivity contribution in [3.05, 3.63) is 76.3 Å². The van der Waals surface area contributed by atoms with E-state index in [9.17, 15) is 9.59 Å². The van der Waals surface area contributed by atoms with Crippen molar-refractivity contribution in [2.24, 2.45) is 0 Å². The second-order valence-electron chi connectivity index (χ2n) is 7.67. The van der Waals surface area contributed by atoms with Gasteiger partial charge in [-0.2, -0.15) is 5.10 Å². The predicted octanol–water partition coefficient (Wildman–Crippen LogP) is 3.78. The van der Waals surface area contributed by atoms with E-state index in [0.29, 0.717) is 37.4 Å². The fourth-order valence-electron chi connectivity index (χ4n) is 3.84. The third-order valence-corrected chi connectivity index (χ3v) is 5.67. The van der Waals surface area contributed by atoms with Gasteiger partial charge in [0, 0.05) is 19.2 Å². The molecule has 150 valence electrons. The third-order valence-electron chi connectivity index (χ3n) is 5.67. The van der Waals surface area contributed by atoms with E-state index in [0.717, 1.165) is 5.56 Å². The second-order valence-corrected chi connectivity index (χ2v) is 7.67. The minimum atomic E-state index is -0.171. The van der Waals surface area contributed by atoms with Crippen LogP contribution in [0.3, 0.4) is 0 Å². The molecule has 2 aromatic heterocycles. The number of amides is 1. The van der Waals surface area contributed by atoms with E-state index < -0.39 is 0 Å². The molecule has 0 unspecified atom stereocenters. The number of benzene rings is 1. The Balaban J connectivity index is 1.44. The fraction of sp³-hybridized carbons (Fsp3) is 0.348. The highest BCUT2D eigenvalue weighted by molar-refractivity contribution is 5.83. The lowest BCUT2D eigenvalue weighted by Gasteiger charge is -2.34. The number of piperidine rings is 1. The summed E-state index contributed by atoms with van der Waals surface area (Å²) in [5.41, 5.74) is 2.73. The summed E-state index contributed by atoms with van der Waals surface area (Å²) < 4.78 is 6.94. The third kappa shape index (κ3) is 4.01. The highest BCUT2D eigenvalue weighted by Gasteiger charge is 2.28. The van der Waals surface area contributed by atoms with Crippen LogP contribution in [0.1, 0.15) is 42.9 Å². The van der Waals surface area contributed by atoms with Gasteiger partial charge in [-0.3, -0.25) is 9.59 Å². The van der Waals surface area contributed by atoms with Crippen LogP contribution >= 0.6 is 0 Å². The molecule has 1 aliphatic heterocycles. The minimum Gasteiger partial charge on any atom is -0.463 e. The van der Waals surface area contributed by atoms with Gasteiger partial charge in [-0.25, -0.2) is 4.68 Å². The highest BCUT2D eigenvalue weighted by atomic mass is 16.3. The van der Waals surface area contributed by atoms with Crippen LogP contribution < -0.4 is 5.56 Å². The minimum absolute atomic E-state index is 0.0175. The molecule has 1 saturated heterocycles. The van der Waals surface area contributed by atoms with Crippen LogP contribution in [0.5, 0.6) is 0 Å². The normalized spacial score (nSPS) is 16.0. The van der Waals surface area contributed by atoms with Crippen LogP contribution in [0.15, 0.2) is 64.0 Å². The maximum atomic E-state index is 12.9. The Morgan fingerprint density at radius 3 is 2.48 bits per heavy atom. The summed E-state index contributed by atoms with van der Waals surface area (Å²) in [7, 11) is 0. The molecule has 1 aliphatic rings. The van der Waals surface area contributed by atoms with Gasteiger partial charge in [0.1, 0.15) is 5.69 Å². The first kappa shape index (κ1) is 19.2. The van der Waals surface area contributed by atoms with Crippen molar-refractivity contribution in [1.82, 2.24) is 14.7 Å². The summed E-state index contributed by atoms with van der Waals surface area (Å²) in [5.74, 6) is 0.602. The van der Waals surface area contributed by atoms with Gasteiger partial charge in [0.05, 0.1) is 18.2 Å². The molecule has 1 fully saturated rings. The Labute approximate surface area is 169 Å². The van der Waals surface area contributed by atoms with Crippen molar-refractivity contribution in [3.8, 4) is 11.5 Å². The predicted molar refractivity (Wildman–Crippen MR) is 111 cm³/mol. The van der Waals surface area contributed by atoms with Crippen molar-refractivity contribution in [2.45, 2.75) is 38.6 Å². The summed E-state index contributed by atoms with van der Waals surface area (Å²) in [6.07, 6.45) is 3.01. The van der Waals surface area contributed by atoms with E-state index >= 15 is 0 Å². The first-order chi connectivity index (χ1) is 14.0. The molecule has 4 rings (SSSR count). The second kappa shape index (κ2) is 8.07. The number of likely N-dealkylation sites (tertiary alicyclic amines) is 1. The molecule has 0 saturated carbocycles. The van der Waals surface area contributed by atoms with Crippen LogP contribution in [0.2, 0.25) is 0 Å². The van der Waals surface area contributed by atoms with Crippen molar-refractivity contribution < 1.29 is 9.21 Å². The van der Waals surface area contributed by atoms with E-state index in [2.05, 4.69) is 5.10 Å². The Kier molecular flexibility index (Phi) is 5.34. The number of nitrogens with zero attached hydrogens (tertiary/aromatic N) is 3. The smallest absolute Gasteiger partial charge is 0.267 e. The first-order valence-electron chi connectivity index (χ1n) is 10.0. The zero-order valence-electron chi connectivity index (χ0n) is 16.7. The van der Waals surface area contributed by atoms with E-state index in [-0.39, 0.29) is 23.4 Å². The van der Waals surface area contributed by atoms with Crippen molar-refractivity contribution in [1.29, 1.82) is 0 Å². The van der Waals surface area contributed by atoms with Gasteiger partial charge in [0.25, 0.3) is 5.56 Å². The first-order valence-corrected chi connectivity index (χ1v) is 10.0. The number of aryl methyl sites for hydroxylation is 1. The van der Waals surface area contributed by atoms with Gasteiger partial charge in [0.15, 0.2) is 5.76 Å². The maximum Gasteiger partial charge on any atom is 0.267 e. The van der Waals surface area contributed by atoms with Crippen molar-refractivity contribution in [3.63, 3.8) is 0 Å². The Morgan fingerprint density at radius 1 is 1.10 bits per heavy atom. The van der Waals surface area contributed by atoms with Gasteiger partial charge in [-0.15, -0.1) is 0 Å². The Bertz CT molecular complexity index is 1030. The SMILES string of the molecule is Cc1ccc([C@@H](C)C(=O)N2CCC(n3nc(-c4ccco4)ccc3=O)CC2)cc1. The average Bonchev–Trinajstić information content (AvgIpc) is 3.29. The number of hydrogen-bond donors (Lipinski definition) is 0. The molecule has 0 N–H and O–H groups in total. The summed E-state index contributed by atoms with van der Waals surface area (Å²) in [6.45, 7) is 5.24.